The second-order valence-electron chi connectivity index (χ2n) is 5.71. The molecular formula is C16H22ClFN2O. The molecule has 0 saturated heterocycles. The molecule has 1 aliphatic rings. The van der Waals surface area contributed by atoms with Gasteiger partial charge in [-0.1, -0.05) is 18.2 Å². The second-order valence-corrected chi connectivity index (χ2v) is 6.08. The van der Waals surface area contributed by atoms with Crippen LogP contribution in [0.15, 0.2) is 30.3 Å². The zero-order valence-electron chi connectivity index (χ0n) is 12.5. The van der Waals surface area contributed by atoms with Crippen LogP contribution < -0.4 is 4.90 Å². The number of carbonyl (C=O) groups excluding carboxylic acids is 1. The molecule has 0 spiro atoms. The zero-order valence-corrected chi connectivity index (χ0v) is 13.3. The molecule has 116 valence electrons. The zero-order chi connectivity index (χ0) is 15.4. The van der Waals surface area contributed by atoms with E-state index in [1.54, 1.807) is 4.90 Å². The van der Waals surface area contributed by atoms with E-state index in [0.717, 1.165) is 5.69 Å². The number of hydrogen-bond acceptors (Lipinski definition) is 2. The van der Waals surface area contributed by atoms with Crippen LogP contribution in [0.5, 0.6) is 0 Å². The summed E-state index contributed by atoms with van der Waals surface area (Å²) in [6, 6.07) is 9.36. The van der Waals surface area contributed by atoms with Crippen molar-refractivity contribution < 1.29 is 9.18 Å². The monoisotopic (exact) mass is 312 g/mol. The van der Waals surface area contributed by atoms with E-state index in [2.05, 4.69) is 0 Å². The fraction of sp³-hybridized carbons (Fsp3) is 0.562. The van der Waals surface area contributed by atoms with E-state index >= 15 is 0 Å². The van der Waals surface area contributed by atoms with Gasteiger partial charge in [-0.25, -0.2) is 4.39 Å². The van der Waals surface area contributed by atoms with Crippen LogP contribution in [-0.4, -0.2) is 49.0 Å². The number of nitrogens with zero attached hydrogens (tertiary/aromatic N) is 2. The first-order chi connectivity index (χ1) is 10.0. The maximum Gasteiger partial charge on any atom is 0.228 e. The normalized spacial score (nSPS) is 25.3. The van der Waals surface area contributed by atoms with Gasteiger partial charge in [0.1, 0.15) is 6.17 Å². The van der Waals surface area contributed by atoms with Crippen molar-refractivity contribution in [3.05, 3.63) is 30.3 Å². The Morgan fingerprint density at radius 3 is 2.43 bits per heavy atom. The van der Waals surface area contributed by atoms with E-state index in [0.29, 0.717) is 12.8 Å². The van der Waals surface area contributed by atoms with Crippen LogP contribution in [0.25, 0.3) is 0 Å². The van der Waals surface area contributed by atoms with Crippen molar-refractivity contribution in [3.63, 3.8) is 0 Å². The summed E-state index contributed by atoms with van der Waals surface area (Å²) in [7, 11) is 3.87. The molecule has 0 aromatic heterocycles. The van der Waals surface area contributed by atoms with E-state index < -0.39 is 6.17 Å². The Kier molecular flexibility index (Phi) is 5.59. The molecule has 1 aromatic carbocycles. The first kappa shape index (κ1) is 16.2. The minimum absolute atomic E-state index is 0.0273. The number of hydrogen-bond donors (Lipinski definition) is 0. The SMILES string of the molecule is CN(C)C1CC(F)CC1N(C(=O)CCCl)c1ccccc1. The van der Waals surface area contributed by atoms with E-state index in [9.17, 15) is 9.18 Å². The first-order valence-electron chi connectivity index (χ1n) is 7.28. The molecule has 3 atom stereocenters. The van der Waals surface area contributed by atoms with Gasteiger partial charge < -0.3 is 9.80 Å². The van der Waals surface area contributed by atoms with Crippen LogP contribution in [-0.2, 0) is 4.79 Å². The topological polar surface area (TPSA) is 23.6 Å². The number of para-hydroxylation sites is 1. The standard InChI is InChI=1S/C16H22ClFN2O/c1-19(2)14-10-12(18)11-15(14)20(16(21)8-9-17)13-6-4-3-5-7-13/h3-7,12,14-15H,8-11H2,1-2H3. The molecule has 1 aromatic rings. The molecule has 1 fully saturated rings. The maximum absolute atomic E-state index is 13.9. The Bertz CT molecular complexity index is 469. The molecule has 0 bridgehead atoms. The number of alkyl halides is 2. The largest absolute Gasteiger partial charge is 0.308 e. The number of amides is 1. The van der Waals surface area contributed by atoms with Gasteiger partial charge in [-0.2, -0.15) is 0 Å². The van der Waals surface area contributed by atoms with Crippen molar-refractivity contribution >= 4 is 23.2 Å². The molecule has 1 amide bonds. The number of halogens is 2. The fourth-order valence-electron chi connectivity index (χ4n) is 3.08. The third kappa shape index (κ3) is 3.74. The van der Waals surface area contributed by atoms with Gasteiger partial charge in [0.05, 0.1) is 6.04 Å². The lowest BCUT2D eigenvalue weighted by molar-refractivity contribution is -0.118. The quantitative estimate of drug-likeness (QED) is 0.780. The maximum atomic E-state index is 13.9. The molecule has 2 rings (SSSR count). The molecule has 3 unspecified atom stereocenters. The summed E-state index contributed by atoms with van der Waals surface area (Å²) >= 11 is 5.73. The van der Waals surface area contributed by atoms with Gasteiger partial charge >= 0.3 is 0 Å². The summed E-state index contributed by atoms with van der Waals surface area (Å²) in [5.74, 6) is 0.239. The van der Waals surface area contributed by atoms with Crippen molar-refractivity contribution in [2.45, 2.75) is 37.5 Å². The Balaban J connectivity index is 2.33. The molecule has 5 heteroatoms. The molecule has 0 N–H and O–H groups in total. The highest BCUT2D eigenvalue weighted by molar-refractivity contribution is 6.19. The average molecular weight is 313 g/mol. The Hall–Kier alpha value is -1.13. The summed E-state index contributed by atoms with van der Waals surface area (Å²) in [5, 5.41) is 0. The van der Waals surface area contributed by atoms with Crippen LogP contribution in [0.4, 0.5) is 10.1 Å². The van der Waals surface area contributed by atoms with Crippen LogP contribution in [0.2, 0.25) is 0 Å². The lowest BCUT2D eigenvalue weighted by atomic mass is 10.1. The minimum Gasteiger partial charge on any atom is -0.308 e. The fourth-order valence-corrected chi connectivity index (χ4v) is 3.24. The van der Waals surface area contributed by atoms with Gasteiger partial charge in [0.2, 0.25) is 5.91 Å². The molecule has 1 aliphatic carbocycles. The second kappa shape index (κ2) is 7.23. The number of rotatable bonds is 5. The first-order valence-corrected chi connectivity index (χ1v) is 7.81. The van der Waals surface area contributed by atoms with Gasteiger partial charge in [0, 0.05) is 30.5 Å². The van der Waals surface area contributed by atoms with Crippen LogP contribution >= 0.6 is 11.6 Å². The van der Waals surface area contributed by atoms with Crippen molar-refractivity contribution in [2.75, 3.05) is 24.9 Å². The summed E-state index contributed by atoms with van der Waals surface area (Å²) in [6.07, 6.45) is 0.253. The number of carbonyl (C=O) groups is 1. The smallest absolute Gasteiger partial charge is 0.228 e. The molecule has 0 heterocycles. The van der Waals surface area contributed by atoms with Crippen LogP contribution in [0, 0.1) is 0 Å². The third-order valence-corrected chi connectivity index (χ3v) is 4.23. The lowest BCUT2D eigenvalue weighted by Crippen LogP contribution is -2.49. The number of likely N-dealkylation sites (N-methyl/N-ethyl adjacent to an activating group) is 1. The summed E-state index contributed by atoms with van der Waals surface area (Å²) in [6.45, 7) is 0. The third-order valence-electron chi connectivity index (χ3n) is 4.04. The van der Waals surface area contributed by atoms with E-state index in [-0.39, 0.29) is 30.3 Å². The number of benzene rings is 1. The van der Waals surface area contributed by atoms with Crippen molar-refractivity contribution in [1.82, 2.24) is 4.90 Å². The summed E-state index contributed by atoms with van der Waals surface area (Å²) in [5.41, 5.74) is 0.818. The lowest BCUT2D eigenvalue weighted by Gasteiger charge is -2.35. The van der Waals surface area contributed by atoms with Crippen molar-refractivity contribution in [2.24, 2.45) is 0 Å². The molecule has 0 radical (unpaired) electrons. The van der Waals surface area contributed by atoms with E-state index in [4.69, 9.17) is 11.6 Å². The van der Waals surface area contributed by atoms with Gasteiger partial charge in [-0.15, -0.1) is 11.6 Å². The number of anilines is 1. The van der Waals surface area contributed by atoms with Crippen LogP contribution in [0.3, 0.4) is 0 Å². The Morgan fingerprint density at radius 1 is 1.24 bits per heavy atom. The molecule has 21 heavy (non-hydrogen) atoms. The van der Waals surface area contributed by atoms with Gasteiger partial charge in [-0.3, -0.25) is 4.79 Å². The minimum atomic E-state index is -0.864. The predicted molar refractivity (Wildman–Crippen MR) is 84.7 cm³/mol. The average Bonchev–Trinajstić information content (AvgIpc) is 2.82. The molecule has 1 saturated carbocycles. The predicted octanol–water partition coefficient (Wildman–Crippen LogP) is 3.08. The molecule has 0 aliphatic heterocycles. The van der Waals surface area contributed by atoms with Gasteiger partial charge in [-0.05, 0) is 32.6 Å². The van der Waals surface area contributed by atoms with Crippen molar-refractivity contribution in [1.29, 1.82) is 0 Å². The van der Waals surface area contributed by atoms with Crippen molar-refractivity contribution in [3.8, 4) is 0 Å². The Morgan fingerprint density at radius 2 is 1.86 bits per heavy atom. The van der Waals surface area contributed by atoms with Gasteiger partial charge in [0.15, 0.2) is 0 Å². The van der Waals surface area contributed by atoms with E-state index in [1.165, 1.54) is 0 Å². The van der Waals surface area contributed by atoms with E-state index in [1.807, 2.05) is 49.3 Å². The van der Waals surface area contributed by atoms with Gasteiger partial charge in [0.25, 0.3) is 0 Å². The highest BCUT2D eigenvalue weighted by Gasteiger charge is 2.41. The van der Waals surface area contributed by atoms with Crippen LogP contribution in [0.1, 0.15) is 19.3 Å². The Labute approximate surface area is 130 Å². The highest BCUT2D eigenvalue weighted by Crippen LogP contribution is 2.33. The summed E-state index contributed by atoms with van der Waals surface area (Å²) in [4.78, 5) is 16.3. The summed E-state index contributed by atoms with van der Waals surface area (Å²) < 4.78 is 13.9. The highest BCUT2D eigenvalue weighted by atomic mass is 35.5. The molecule has 3 nitrogen and oxygen atoms in total. The molecular weight excluding hydrogens is 291 g/mol.